The second-order valence-electron chi connectivity index (χ2n) is 1.35. The molecule has 9 heavy (non-hydrogen) atoms. The number of aromatic amines is 1. The first-order chi connectivity index (χ1) is 4.33. The maximum absolute atomic E-state index is 8.15. The van der Waals surface area contributed by atoms with Gasteiger partial charge in [-0.05, 0) is 0 Å². The molecule has 0 saturated carbocycles. The van der Waals surface area contributed by atoms with E-state index in [2.05, 4.69) is 10.2 Å². The molecule has 0 atom stereocenters. The summed E-state index contributed by atoms with van der Waals surface area (Å²) in [5, 5.41) is 16.8. The molecule has 0 aliphatic rings. The minimum Gasteiger partial charge on any atom is -0.384 e. The number of hydrogen-bond acceptors (Lipinski definition) is 4. The van der Waals surface area contributed by atoms with Gasteiger partial charge in [-0.1, -0.05) is 0 Å². The number of nitriles is 1. The number of rotatable bonds is 1. The van der Waals surface area contributed by atoms with E-state index in [1.807, 2.05) is 5.40 Å². The Kier molecular flexibility index (Phi) is 1.60. The zero-order valence-corrected chi connectivity index (χ0v) is 5.27. The van der Waals surface area contributed by atoms with Crippen LogP contribution < -0.4 is 5.73 Å². The Morgan fingerprint density at radius 3 is 3.11 bits per heavy atom. The molecule has 0 aliphatic heterocycles. The molecule has 0 spiro atoms. The molecular formula is C4H4N4S. The number of thioether (sulfide) groups is 1. The lowest BCUT2D eigenvalue weighted by Crippen LogP contribution is -1.81. The standard InChI is InChI=1S/C4H4N4S/c5-2-9-4-1-3(6)7-8-4/h1H,(H3,6,7,8). The molecule has 0 aromatic carbocycles. The number of aromatic nitrogens is 2. The summed E-state index contributed by atoms with van der Waals surface area (Å²) in [6.45, 7) is 0. The lowest BCUT2D eigenvalue weighted by atomic mass is 10.7. The van der Waals surface area contributed by atoms with Crippen molar-refractivity contribution in [3.63, 3.8) is 0 Å². The average molecular weight is 140 g/mol. The van der Waals surface area contributed by atoms with Crippen molar-refractivity contribution in [3.05, 3.63) is 6.07 Å². The number of anilines is 1. The molecule has 5 heteroatoms. The van der Waals surface area contributed by atoms with E-state index >= 15 is 0 Å². The molecule has 1 rings (SSSR count). The Morgan fingerprint density at radius 2 is 2.67 bits per heavy atom. The molecule has 1 aromatic heterocycles. The van der Waals surface area contributed by atoms with E-state index in [4.69, 9.17) is 11.0 Å². The fourth-order valence-corrected chi connectivity index (χ4v) is 0.787. The van der Waals surface area contributed by atoms with Crippen molar-refractivity contribution in [1.29, 1.82) is 5.26 Å². The lowest BCUT2D eigenvalue weighted by molar-refractivity contribution is 1.01. The van der Waals surface area contributed by atoms with Crippen LogP contribution in [0.2, 0.25) is 0 Å². The Labute approximate surface area is 56.0 Å². The number of nitrogen functional groups attached to an aromatic ring is 1. The van der Waals surface area contributed by atoms with E-state index in [0.717, 1.165) is 11.8 Å². The quantitative estimate of drug-likeness (QED) is 0.441. The minimum atomic E-state index is 0.479. The fourth-order valence-electron chi connectivity index (χ4n) is 0.416. The molecule has 3 N–H and O–H groups in total. The summed E-state index contributed by atoms with van der Waals surface area (Å²) in [7, 11) is 0. The third-order valence-corrected chi connectivity index (χ3v) is 1.23. The Bertz CT molecular complexity index is 235. The molecule has 4 nitrogen and oxygen atoms in total. The smallest absolute Gasteiger partial charge is 0.140 e. The van der Waals surface area contributed by atoms with Gasteiger partial charge in [0.05, 0.1) is 0 Å². The minimum absolute atomic E-state index is 0.479. The van der Waals surface area contributed by atoms with Crippen molar-refractivity contribution in [2.75, 3.05) is 5.73 Å². The normalized spacial score (nSPS) is 8.78. The van der Waals surface area contributed by atoms with Crippen molar-refractivity contribution >= 4 is 17.6 Å². The number of H-pyrrole nitrogens is 1. The molecular weight excluding hydrogens is 136 g/mol. The van der Waals surface area contributed by atoms with Crippen molar-refractivity contribution in [2.45, 2.75) is 5.03 Å². The highest BCUT2D eigenvalue weighted by Crippen LogP contribution is 2.13. The summed E-state index contributed by atoms with van der Waals surface area (Å²) in [6.07, 6.45) is 0. The SMILES string of the molecule is N#CSc1cc(N)[nH]n1. The highest BCUT2D eigenvalue weighted by Gasteiger charge is 1.95. The first-order valence-electron chi connectivity index (χ1n) is 2.20. The van der Waals surface area contributed by atoms with Crippen LogP contribution >= 0.6 is 11.8 Å². The highest BCUT2D eigenvalue weighted by molar-refractivity contribution is 8.03. The van der Waals surface area contributed by atoms with Gasteiger partial charge in [-0.15, -0.1) is 0 Å². The Balaban J connectivity index is 2.76. The first kappa shape index (κ1) is 5.98. The van der Waals surface area contributed by atoms with Crippen molar-refractivity contribution in [2.24, 2.45) is 0 Å². The fraction of sp³-hybridized carbons (Fsp3) is 0. The molecule has 46 valence electrons. The van der Waals surface area contributed by atoms with Gasteiger partial charge in [-0.2, -0.15) is 10.4 Å². The largest absolute Gasteiger partial charge is 0.384 e. The predicted octanol–water partition coefficient (Wildman–Crippen LogP) is 0.565. The van der Waals surface area contributed by atoms with Crippen LogP contribution in [0.3, 0.4) is 0 Å². The Morgan fingerprint density at radius 1 is 1.89 bits per heavy atom. The van der Waals surface area contributed by atoms with E-state index in [0.29, 0.717) is 10.8 Å². The van der Waals surface area contributed by atoms with Gasteiger partial charge in [0.25, 0.3) is 0 Å². The average Bonchev–Trinajstić information content (AvgIpc) is 2.17. The van der Waals surface area contributed by atoms with Crippen LogP contribution in [0.4, 0.5) is 5.82 Å². The summed E-state index contributed by atoms with van der Waals surface area (Å²) < 4.78 is 0. The molecule has 0 bridgehead atoms. The zero-order chi connectivity index (χ0) is 6.69. The van der Waals surface area contributed by atoms with Crippen LogP contribution in [0.5, 0.6) is 0 Å². The summed E-state index contributed by atoms with van der Waals surface area (Å²) >= 11 is 0.979. The van der Waals surface area contributed by atoms with Crippen molar-refractivity contribution in [3.8, 4) is 5.40 Å². The van der Waals surface area contributed by atoms with Crippen molar-refractivity contribution in [1.82, 2.24) is 10.2 Å². The number of nitrogens with one attached hydrogen (secondary N) is 1. The maximum atomic E-state index is 8.15. The van der Waals surface area contributed by atoms with Gasteiger partial charge in [0.1, 0.15) is 16.2 Å². The van der Waals surface area contributed by atoms with Crippen LogP contribution in [0.25, 0.3) is 0 Å². The predicted molar refractivity (Wildman–Crippen MR) is 34.5 cm³/mol. The highest BCUT2D eigenvalue weighted by atomic mass is 32.2. The summed E-state index contributed by atoms with van der Waals surface area (Å²) in [5.74, 6) is 0.479. The zero-order valence-electron chi connectivity index (χ0n) is 4.46. The summed E-state index contributed by atoms with van der Waals surface area (Å²) in [5.41, 5.74) is 5.27. The number of hydrogen-bond donors (Lipinski definition) is 2. The van der Waals surface area contributed by atoms with Crippen molar-refractivity contribution < 1.29 is 0 Å². The second-order valence-corrected chi connectivity index (χ2v) is 2.16. The number of thiocyanates is 1. The van der Waals surface area contributed by atoms with Gasteiger partial charge in [0.15, 0.2) is 0 Å². The van der Waals surface area contributed by atoms with Gasteiger partial charge in [0.2, 0.25) is 0 Å². The third kappa shape index (κ3) is 1.37. The summed E-state index contributed by atoms with van der Waals surface area (Å²) in [4.78, 5) is 0. The molecule has 0 saturated heterocycles. The van der Waals surface area contributed by atoms with E-state index < -0.39 is 0 Å². The van der Waals surface area contributed by atoms with Crippen LogP contribution in [-0.4, -0.2) is 10.2 Å². The van der Waals surface area contributed by atoms with Gasteiger partial charge in [0, 0.05) is 17.8 Å². The van der Waals surface area contributed by atoms with E-state index in [-0.39, 0.29) is 0 Å². The molecule has 0 unspecified atom stereocenters. The molecule has 1 heterocycles. The molecule has 0 radical (unpaired) electrons. The molecule has 1 aromatic rings. The maximum Gasteiger partial charge on any atom is 0.140 e. The van der Waals surface area contributed by atoms with Crippen LogP contribution in [0.1, 0.15) is 0 Å². The van der Waals surface area contributed by atoms with Gasteiger partial charge >= 0.3 is 0 Å². The third-order valence-electron chi connectivity index (χ3n) is 0.724. The number of nitrogens with zero attached hydrogens (tertiary/aromatic N) is 2. The molecule has 0 amide bonds. The second kappa shape index (κ2) is 2.42. The van der Waals surface area contributed by atoms with Crippen LogP contribution in [0, 0.1) is 10.7 Å². The summed E-state index contributed by atoms with van der Waals surface area (Å²) in [6, 6.07) is 1.61. The molecule has 0 aliphatic carbocycles. The van der Waals surface area contributed by atoms with E-state index in [9.17, 15) is 0 Å². The van der Waals surface area contributed by atoms with E-state index in [1.54, 1.807) is 6.07 Å². The number of nitrogens with two attached hydrogens (primary N) is 1. The van der Waals surface area contributed by atoms with Crippen LogP contribution in [-0.2, 0) is 0 Å². The van der Waals surface area contributed by atoms with Gasteiger partial charge in [-0.3, -0.25) is 5.10 Å². The topological polar surface area (TPSA) is 78.5 Å². The first-order valence-corrected chi connectivity index (χ1v) is 3.01. The molecule has 0 fully saturated rings. The lowest BCUT2D eigenvalue weighted by Gasteiger charge is -1.74. The van der Waals surface area contributed by atoms with Crippen LogP contribution in [0.15, 0.2) is 11.1 Å². The van der Waals surface area contributed by atoms with Gasteiger partial charge < -0.3 is 5.73 Å². The Hall–Kier alpha value is -1.15. The van der Waals surface area contributed by atoms with E-state index in [1.165, 1.54) is 0 Å². The monoisotopic (exact) mass is 140 g/mol. The van der Waals surface area contributed by atoms with Gasteiger partial charge in [-0.25, -0.2) is 0 Å².